The lowest BCUT2D eigenvalue weighted by atomic mass is 10.1. The fourth-order valence-corrected chi connectivity index (χ4v) is 1.14. The Kier molecular flexibility index (Phi) is 4.03. The minimum absolute atomic E-state index is 0.591. The molecule has 0 bridgehead atoms. The van der Waals surface area contributed by atoms with Crippen LogP contribution in [0.5, 0.6) is 5.75 Å². The molecular weight excluding hydrogens is 164 g/mol. The van der Waals surface area contributed by atoms with E-state index in [2.05, 4.69) is 0 Å². The summed E-state index contributed by atoms with van der Waals surface area (Å²) in [5, 5.41) is 0. The van der Waals surface area contributed by atoms with Crippen LogP contribution in [-0.4, -0.2) is 12.9 Å². The Morgan fingerprint density at radius 1 is 1.31 bits per heavy atom. The second-order valence-electron chi connectivity index (χ2n) is 2.78. The van der Waals surface area contributed by atoms with E-state index in [4.69, 9.17) is 4.74 Å². The van der Waals surface area contributed by atoms with Gasteiger partial charge in [0.05, 0.1) is 6.61 Å². The Morgan fingerprint density at radius 3 is 2.54 bits per heavy atom. The quantitative estimate of drug-likeness (QED) is 0.646. The van der Waals surface area contributed by atoms with Crippen molar-refractivity contribution in [2.75, 3.05) is 6.61 Å². The van der Waals surface area contributed by atoms with Gasteiger partial charge in [0, 0.05) is 6.42 Å². The Balaban J connectivity index is 2.53. The number of rotatable bonds is 5. The van der Waals surface area contributed by atoms with Gasteiger partial charge >= 0.3 is 0 Å². The van der Waals surface area contributed by atoms with E-state index in [0.717, 1.165) is 18.5 Å². The number of hydrogen-bond donors (Lipinski definition) is 0. The first-order valence-electron chi connectivity index (χ1n) is 4.52. The first-order valence-corrected chi connectivity index (χ1v) is 4.52. The number of carbonyl (C=O) groups excluding carboxylic acids is 1. The minimum atomic E-state index is 0.591. The molecule has 2 heteroatoms. The third-order valence-electron chi connectivity index (χ3n) is 1.79. The van der Waals surface area contributed by atoms with Crippen LogP contribution in [0.15, 0.2) is 24.3 Å². The molecule has 0 N–H and O–H groups in total. The van der Waals surface area contributed by atoms with Gasteiger partial charge < -0.3 is 9.53 Å². The fraction of sp³-hybridized carbons (Fsp3) is 0.364. The second kappa shape index (κ2) is 5.36. The van der Waals surface area contributed by atoms with Gasteiger partial charge in [-0.15, -0.1) is 0 Å². The van der Waals surface area contributed by atoms with Crippen molar-refractivity contribution in [2.45, 2.75) is 19.8 Å². The molecule has 0 amide bonds. The number of hydrogen-bond acceptors (Lipinski definition) is 2. The third kappa shape index (κ3) is 3.28. The fourth-order valence-electron chi connectivity index (χ4n) is 1.14. The molecule has 0 radical (unpaired) electrons. The van der Waals surface area contributed by atoms with Gasteiger partial charge in [0.15, 0.2) is 0 Å². The molecular formula is C11H14O2. The van der Waals surface area contributed by atoms with E-state index in [9.17, 15) is 4.79 Å². The van der Waals surface area contributed by atoms with Crippen molar-refractivity contribution >= 4 is 6.29 Å². The van der Waals surface area contributed by atoms with Crippen LogP contribution in [0.4, 0.5) is 0 Å². The third-order valence-corrected chi connectivity index (χ3v) is 1.79. The van der Waals surface area contributed by atoms with Crippen molar-refractivity contribution in [2.24, 2.45) is 0 Å². The SMILES string of the molecule is CCOc1ccc(CCC=O)cc1. The Hall–Kier alpha value is -1.31. The van der Waals surface area contributed by atoms with Gasteiger partial charge in [0.2, 0.25) is 0 Å². The van der Waals surface area contributed by atoms with Crippen molar-refractivity contribution in [1.82, 2.24) is 0 Å². The second-order valence-corrected chi connectivity index (χ2v) is 2.78. The first kappa shape index (κ1) is 9.78. The van der Waals surface area contributed by atoms with Gasteiger partial charge in [-0.05, 0) is 31.0 Å². The zero-order valence-corrected chi connectivity index (χ0v) is 7.82. The van der Waals surface area contributed by atoms with Crippen LogP contribution >= 0.6 is 0 Å². The summed E-state index contributed by atoms with van der Waals surface area (Å²) in [6.45, 7) is 2.65. The number of aryl methyl sites for hydroxylation is 1. The zero-order chi connectivity index (χ0) is 9.52. The first-order chi connectivity index (χ1) is 6.36. The maximum atomic E-state index is 10.1. The van der Waals surface area contributed by atoms with Crippen LogP contribution in [0.2, 0.25) is 0 Å². The Bertz CT molecular complexity index is 251. The van der Waals surface area contributed by atoms with Crippen LogP contribution in [0.1, 0.15) is 18.9 Å². The summed E-state index contributed by atoms with van der Waals surface area (Å²) in [6, 6.07) is 7.86. The molecule has 0 aliphatic carbocycles. The molecule has 1 aromatic carbocycles. The smallest absolute Gasteiger partial charge is 0.120 e. The maximum absolute atomic E-state index is 10.1. The Morgan fingerprint density at radius 2 is 2.00 bits per heavy atom. The predicted molar refractivity (Wildman–Crippen MR) is 52.0 cm³/mol. The summed E-state index contributed by atoms with van der Waals surface area (Å²) in [7, 11) is 0. The topological polar surface area (TPSA) is 26.3 Å². The normalized spacial score (nSPS) is 9.62. The van der Waals surface area contributed by atoms with E-state index in [1.807, 2.05) is 31.2 Å². The number of benzene rings is 1. The number of carbonyl (C=O) groups is 1. The molecule has 70 valence electrons. The molecule has 0 saturated heterocycles. The van der Waals surface area contributed by atoms with E-state index in [1.54, 1.807) is 0 Å². The molecule has 0 unspecified atom stereocenters. The minimum Gasteiger partial charge on any atom is -0.494 e. The van der Waals surface area contributed by atoms with Gasteiger partial charge in [-0.2, -0.15) is 0 Å². The highest BCUT2D eigenvalue weighted by Crippen LogP contribution is 2.12. The summed E-state index contributed by atoms with van der Waals surface area (Å²) < 4.78 is 5.30. The van der Waals surface area contributed by atoms with Gasteiger partial charge in [-0.3, -0.25) is 0 Å². The lowest BCUT2D eigenvalue weighted by molar-refractivity contribution is -0.107. The van der Waals surface area contributed by atoms with E-state index in [-0.39, 0.29) is 0 Å². The van der Waals surface area contributed by atoms with E-state index in [0.29, 0.717) is 13.0 Å². The highest BCUT2D eigenvalue weighted by atomic mass is 16.5. The molecule has 0 aromatic heterocycles. The van der Waals surface area contributed by atoms with E-state index >= 15 is 0 Å². The molecule has 1 rings (SSSR count). The molecule has 0 spiro atoms. The standard InChI is InChI=1S/C11H14O2/c1-2-13-11-7-5-10(6-8-11)4-3-9-12/h5-9H,2-4H2,1H3. The van der Waals surface area contributed by atoms with Crippen molar-refractivity contribution in [1.29, 1.82) is 0 Å². The van der Waals surface area contributed by atoms with Crippen LogP contribution in [0.25, 0.3) is 0 Å². The monoisotopic (exact) mass is 178 g/mol. The van der Waals surface area contributed by atoms with Crippen molar-refractivity contribution in [3.8, 4) is 5.75 Å². The molecule has 2 nitrogen and oxygen atoms in total. The van der Waals surface area contributed by atoms with Crippen LogP contribution < -0.4 is 4.74 Å². The number of ether oxygens (including phenoxy) is 1. The van der Waals surface area contributed by atoms with Crippen LogP contribution in [-0.2, 0) is 11.2 Å². The molecule has 0 saturated carbocycles. The Labute approximate surface area is 78.5 Å². The largest absolute Gasteiger partial charge is 0.494 e. The average molecular weight is 178 g/mol. The van der Waals surface area contributed by atoms with Gasteiger partial charge in [-0.1, -0.05) is 12.1 Å². The van der Waals surface area contributed by atoms with Crippen molar-refractivity contribution < 1.29 is 9.53 Å². The number of aldehydes is 1. The van der Waals surface area contributed by atoms with Crippen LogP contribution in [0, 0.1) is 0 Å². The molecule has 13 heavy (non-hydrogen) atoms. The summed E-state index contributed by atoms with van der Waals surface area (Å²) in [5.74, 6) is 0.886. The highest BCUT2D eigenvalue weighted by molar-refractivity contribution is 5.50. The molecule has 0 aliphatic heterocycles. The van der Waals surface area contributed by atoms with E-state index < -0.39 is 0 Å². The van der Waals surface area contributed by atoms with Crippen molar-refractivity contribution in [3.63, 3.8) is 0 Å². The van der Waals surface area contributed by atoms with Gasteiger partial charge in [-0.25, -0.2) is 0 Å². The van der Waals surface area contributed by atoms with Crippen molar-refractivity contribution in [3.05, 3.63) is 29.8 Å². The predicted octanol–water partition coefficient (Wildman–Crippen LogP) is 2.22. The molecule has 0 atom stereocenters. The summed E-state index contributed by atoms with van der Waals surface area (Å²) in [4.78, 5) is 10.1. The van der Waals surface area contributed by atoms with Gasteiger partial charge in [0.1, 0.15) is 12.0 Å². The lowest BCUT2D eigenvalue weighted by Crippen LogP contribution is -1.91. The average Bonchev–Trinajstić information content (AvgIpc) is 2.17. The maximum Gasteiger partial charge on any atom is 0.120 e. The summed E-state index contributed by atoms with van der Waals surface area (Å²) in [5.41, 5.74) is 1.18. The summed E-state index contributed by atoms with van der Waals surface area (Å²) >= 11 is 0. The molecule has 1 aromatic rings. The molecule has 0 aliphatic rings. The molecule has 0 heterocycles. The zero-order valence-electron chi connectivity index (χ0n) is 7.82. The van der Waals surface area contributed by atoms with E-state index in [1.165, 1.54) is 5.56 Å². The van der Waals surface area contributed by atoms with Gasteiger partial charge in [0.25, 0.3) is 0 Å². The van der Waals surface area contributed by atoms with Crippen LogP contribution in [0.3, 0.4) is 0 Å². The lowest BCUT2D eigenvalue weighted by Gasteiger charge is -2.03. The molecule has 0 fully saturated rings. The highest BCUT2D eigenvalue weighted by Gasteiger charge is 1.93. The summed E-state index contributed by atoms with van der Waals surface area (Å²) in [6.07, 6.45) is 2.35.